The molecule has 1 saturated heterocycles. The third-order valence-electron chi connectivity index (χ3n) is 3.38. The molecule has 58 valence electrons. The molecule has 0 aromatic heterocycles. The average Bonchev–Trinajstić information content (AvgIpc) is 2.20. The van der Waals surface area contributed by atoms with Gasteiger partial charge in [-0.25, -0.2) is 0 Å². The molecule has 1 aliphatic heterocycles. The van der Waals surface area contributed by atoms with E-state index >= 15 is 0 Å². The van der Waals surface area contributed by atoms with Crippen molar-refractivity contribution in [1.82, 2.24) is 5.32 Å². The van der Waals surface area contributed by atoms with E-state index in [9.17, 15) is 0 Å². The molecule has 1 aliphatic carbocycles. The highest BCUT2D eigenvalue weighted by Gasteiger charge is 2.37. The van der Waals surface area contributed by atoms with Crippen LogP contribution < -0.4 is 5.32 Å². The zero-order valence-electron chi connectivity index (χ0n) is 6.93. The Hall–Kier alpha value is -0.0400. The average molecular weight is 139 g/mol. The van der Waals surface area contributed by atoms with E-state index in [1.54, 1.807) is 0 Å². The van der Waals surface area contributed by atoms with E-state index in [1.807, 2.05) is 0 Å². The predicted octanol–water partition coefficient (Wildman–Crippen LogP) is 1.64. The summed E-state index contributed by atoms with van der Waals surface area (Å²) in [7, 11) is 0. The van der Waals surface area contributed by atoms with Crippen molar-refractivity contribution in [3.8, 4) is 0 Å². The number of fused-ring (bicyclic) bond motifs is 2. The molecule has 2 fully saturated rings. The van der Waals surface area contributed by atoms with E-state index < -0.39 is 0 Å². The Balaban J connectivity index is 2.09. The minimum atomic E-state index is 0.855. The first kappa shape index (κ1) is 6.66. The van der Waals surface area contributed by atoms with Gasteiger partial charge in [0.1, 0.15) is 0 Å². The standard InChI is InChI=1S/C9H17N/c1-6-3-8-5-10-9(4-6)7(8)2/h6-10H,3-5H2,1-2H3. The second kappa shape index (κ2) is 2.23. The van der Waals surface area contributed by atoms with Crippen LogP contribution in [-0.4, -0.2) is 12.6 Å². The van der Waals surface area contributed by atoms with Gasteiger partial charge in [0.25, 0.3) is 0 Å². The Kier molecular flexibility index (Phi) is 1.48. The van der Waals surface area contributed by atoms with Crippen molar-refractivity contribution in [1.29, 1.82) is 0 Å². The number of nitrogens with one attached hydrogen (secondary N) is 1. The fourth-order valence-electron chi connectivity index (χ4n) is 2.65. The number of hydrogen-bond acceptors (Lipinski definition) is 1. The molecule has 0 radical (unpaired) electrons. The first-order valence-electron chi connectivity index (χ1n) is 4.50. The molecule has 0 spiro atoms. The Morgan fingerprint density at radius 1 is 1.20 bits per heavy atom. The highest BCUT2D eigenvalue weighted by Crippen LogP contribution is 2.37. The maximum absolute atomic E-state index is 3.60. The van der Waals surface area contributed by atoms with Crippen LogP contribution >= 0.6 is 0 Å². The van der Waals surface area contributed by atoms with Gasteiger partial charge in [0.15, 0.2) is 0 Å². The highest BCUT2D eigenvalue weighted by atomic mass is 15.0. The van der Waals surface area contributed by atoms with Crippen molar-refractivity contribution >= 4 is 0 Å². The molecule has 4 atom stereocenters. The lowest BCUT2D eigenvalue weighted by Gasteiger charge is -2.29. The molecule has 1 nitrogen and oxygen atoms in total. The van der Waals surface area contributed by atoms with Gasteiger partial charge in [0.05, 0.1) is 0 Å². The number of hydrogen-bond donors (Lipinski definition) is 1. The Labute approximate surface area is 63.2 Å². The van der Waals surface area contributed by atoms with Gasteiger partial charge in [0, 0.05) is 6.04 Å². The maximum Gasteiger partial charge on any atom is 0.00984 e. The van der Waals surface area contributed by atoms with Crippen LogP contribution in [0.15, 0.2) is 0 Å². The third kappa shape index (κ3) is 0.878. The van der Waals surface area contributed by atoms with E-state index in [0.29, 0.717) is 0 Å². The number of rotatable bonds is 0. The summed E-state index contributed by atoms with van der Waals surface area (Å²) >= 11 is 0. The highest BCUT2D eigenvalue weighted by molar-refractivity contribution is 4.93. The maximum atomic E-state index is 3.60. The van der Waals surface area contributed by atoms with Crippen LogP contribution in [-0.2, 0) is 0 Å². The largest absolute Gasteiger partial charge is 0.313 e. The van der Waals surface area contributed by atoms with E-state index in [2.05, 4.69) is 19.2 Å². The monoisotopic (exact) mass is 139 g/mol. The Bertz CT molecular complexity index is 119. The normalized spacial score (nSPS) is 53.4. The van der Waals surface area contributed by atoms with Gasteiger partial charge >= 0.3 is 0 Å². The first-order valence-corrected chi connectivity index (χ1v) is 4.50. The van der Waals surface area contributed by atoms with Gasteiger partial charge in [-0.15, -0.1) is 0 Å². The smallest absolute Gasteiger partial charge is 0.00984 e. The van der Waals surface area contributed by atoms with Crippen LogP contribution in [0.5, 0.6) is 0 Å². The van der Waals surface area contributed by atoms with Crippen molar-refractivity contribution in [3.63, 3.8) is 0 Å². The zero-order chi connectivity index (χ0) is 7.14. The predicted molar refractivity (Wildman–Crippen MR) is 42.8 cm³/mol. The Morgan fingerprint density at radius 2 is 2.00 bits per heavy atom. The van der Waals surface area contributed by atoms with Crippen molar-refractivity contribution in [2.24, 2.45) is 17.8 Å². The second-order valence-corrected chi connectivity index (χ2v) is 4.21. The molecular formula is C9H17N. The molecule has 10 heavy (non-hydrogen) atoms. The van der Waals surface area contributed by atoms with Crippen molar-refractivity contribution in [2.75, 3.05) is 6.54 Å². The van der Waals surface area contributed by atoms with Gasteiger partial charge in [-0.2, -0.15) is 0 Å². The minimum absolute atomic E-state index is 0.855. The van der Waals surface area contributed by atoms with Gasteiger partial charge in [-0.1, -0.05) is 13.8 Å². The summed E-state index contributed by atoms with van der Waals surface area (Å²) in [5, 5.41) is 3.60. The molecule has 2 aliphatic rings. The zero-order valence-corrected chi connectivity index (χ0v) is 6.93. The summed E-state index contributed by atoms with van der Waals surface area (Å²) in [5.74, 6) is 2.92. The van der Waals surface area contributed by atoms with Crippen LogP contribution in [0.3, 0.4) is 0 Å². The lowest BCUT2D eigenvalue weighted by molar-refractivity contribution is 0.237. The summed E-state index contributed by atoms with van der Waals surface area (Å²) in [6, 6.07) is 0.855. The summed E-state index contributed by atoms with van der Waals surface area (Å²) < 4.78 is 0. The van der Waals surface area contributed by atoms with E-state index in [4.69, 9.17) is 0 Å². The quantitative estimate of drug-likeness (QED) is 0.538. The molecular weight excluding hydrogens is 122 g/mol. The SMILES string of the molecule is CC1CC2CNC(C1)C2C. The van der Waals surface area contributed by atoms with Crippen molar-refractivity contribution in [3.05, 3.63) is 0 Å². The molecule has 1 N–H and O–H groups in total. The van der Waals surface area contributed by atoms with Crippen LogP contribution in [0.2, 0.25) is 0 Å². The molecule has 1 heterocycles. The molecule has 4 unspecified atom stereocenters. The third-order valence-corrected chi connectivity index (χ3v) is 3.38. The van der Waals surface area contributed by atoms with Gasteiger partial charge in [0.2, 0.25) is 0 Å². The molecule has 1 heteroatoms. The summed E-state index contributed by atoms with van der Waals surface area (Å²) in [4.78, 5) is 0. The van der Waals surface area contributed by atoms with Crippen LogP contribution in [0, 0.1) is 17.8 Å². The molecule has 2 rings (SSSR count). The van der Waals surface area contributed by atoms with Gasteiger partial charge in [-0.3, -0.25) is 0 Å². The van der Waals surface area contributed by atoms with Gasteiger partial charge < -0.3 is 5.32 Å². The fourth-order valence-corrected chi connectivity index (χ4v) is 2.65. The van der Waals surface area contributed by atoms with Crippen molar-refractivity contribution < 1.29 is 0 Å². The molecule has 2 bridgehead atoms. The van der Waals surface area contributed by atoms with Crippen LogP contribution in [0.1, 0.15) is 26.7 Å². The molecule has 0 aromatic carbocycles. The molecule has 0 aromatic rings. The minimum Gasteiger partial charge on any atom is -0.313 e. The summed E-state index contributed by atoms with van der Waals surface area (Å²) in [6.45, 7) is 6.08. The van der Waals surface area contributed by atoms with Crippen LogP contribution in [0.25, 0.3) is 0 Å². The summed E-state index contributed by atoms with van der Waals surface area (Å²) in [5.41, 5.74) is 0. The lowest BCUT2D eigenvalue weighted by atomic mass is 9.76. The van der Waals surface area contributed by atoms with Crippen molar-refractivity contribution in [2.45, 2.75) is 32.7 Å². The first-order chi connectivity index (χ1) is 4.77. The second-order valence-electron chi connectivity index (χ2n) is 4.21. The van der Waals surface area contributed by atoms with E-state index in [-0.39, 0.29) is 0 Å². The summed E-state index contributed by atoms with van der Waals surface area (Å²) in [6.07, 6.45) is 2.88. The fraction of sp³-hybridized carbons (Fsp3) is 1.00. The lowest BCUT2D eigenvalue weighted by Crippen LogP contribution is -2.31. The molecule has 1 saturated carbocycles. The van der Waals surface area contributed by atoms with E-state index in [1.165, 1.54) is 19.4 Å². The van der Waals surface area contributed by atoms with E-state index in [0.717, 1.165) is 23.8 Å². The van der Waals surface area contributed by atoms with Gasteiger partial charge in [-0.05, 0) is 37.1 Å². The Morgan fingerprint density at radius 3 is 2.70 bits per heavy atom. The molecule has 0 amide bonds. The van der Waals surface area contributed by atoms with Crippen LogP contribution in [0.4, 0.5) is 0 Å². The topological polar surface area (TPSA) is 12.0 Å².